The number of carboxylic acid groups (broad SMARTS) is 1. The summed E-state index contributed by atoms with van der Waals surface area (Å²) in [5.74, 6) is -0.404. The van der Waals surface area contributed by atoms with Crippen molar-refractivity contribution >= 4 is 5.97 Å². The van der Waals surface area contributed by atoms with Crippen LogP contribution in [0.2, 0.25) is 0 Å². The third-order valence-electron chi connectivity index (χ3n) is 3.28. The molecule has 0 bridgehead atoms. The van der Waals surface area contributed by atoms with E-state index in [9.17, 15) is 4.79 Å². The highest BCUT2D eigenvalue weighted by Crippen LogP contribution is 2.28. The van der Waals surface area contributed by atoms with E-state index in [0.717, 1.165) is 5.56 Å². The zero-order valence-corrected chi connectivity index (χ0v) is 11.9. The van der Waals surface area contributed by atoms with Gasteiger partial charge in [0.1, 0.15) is 5.75 Å². The van der Waals surface area contributed by atoms with Gasteiger partial charge in [-0.05, 0) is 55.2 Å². The maximum atomic E-state index is 10.8. The zero-order valence-electron chi connectivity index (χ0n) is 11.9. The number of aliphatic carboxylic acids is 1. The van der Waals surface area contributed by atoms with Crippen LogP contribution in [0.3, 0.4) is 0 Å². The summed E-state index contributed by atoms with van der Waals surface area (Å²) in [6.45, 7) is 5.68. The largest absolute Gasteiger partial charge is 0.479 e. The molecule has 0 aliphatic carbocycles. The second-order valence-electron chi connectivity index (χ2n) is 4.89. The molecular formula is C17H18O3. The van der Waals surface area contributed by atoms with Crippen LogP contribution in [0.4, 0.5) is 0 Å². The number of carbonyl (C=O) groups is 1. The number of ether oxygens (including phenoxy) is 1. The van der Waals surface area contributed by atoms with Crippen LogP contribution in [-0.4, -0.2) is 17.2 Å². The molecule has 0 heterocycles. The van der Waals surface area contributed by atoms with Gasteiger partial charge in [-0.25, -0.2) is 4.79 Å². The Balaban J connectivity index is 2.27. The van der Waals surface area contributed by atoms with Gasteiger partial charge in [-0.3, -0.25) is 0 Å². The molecule has 1 unspecified atom stereocenters. The van der Waals surface area contributed by atoms with Gasteiger partial charge in [-0.15, -0.1) is 0 Å². The third kappa shape index (κ3) is 2.99. The summed E-state index contributed by atoms with van der Waals surface area (Å²) in [6.07, 6.45) is -0.846. The molecular weight excluding hydrogens is 252 g/mol. The standard InChI is InChI=1S/C17H18O3/c1-11-5-4-6-12(2)16(11)14-7-9-15(10-8-14)20-13(3)17(18)19/h4-10,13H,1-3H3,(H,18,19). The molecule has 3 heteroatoms. The molecule has 2 aromatic rings. The van der Waals surface area contributed by atoms with Gasteiger partial charge >= 0.3 is 5.97 Å². The van der Waals surface area contributed by atoms with Crippen LogP contribution in [0, 0.1) is 13.8 Å². The Morgan fingerprint density at radius 3 is 2.10 bits per heavy atom. The van der Waals surface area contributed by atoms with Crippen molar-refractivity contribution in [2.75, 3.05) is 0 Å². The summed E-state index contributed by atoms with van der Waals surface area (Å²) < 4.78 is 5.33. The minimum absolute atomic E-state index is 0.565. The molecule has 0 spiro atoms. The monoisotopic (exact) mass is 270 g/mol. The fourth-order valence-corrected chi connectivity index (χ4v) is 2.22. The normalized spacial score (nSPS) is 11.9. The highest BCUT2D eigenvalue weighted by atomic mass is 16.5. The highest BCUT2D eigenvalue weighted by molar-refractivity contribution is 5.73. The first-order chi connectivity index (χ1) is 9.49. The van der Waals surface area contributed by atoms with Crippen LogP contribution in [0.1, 0.15) is 18.1 Å². The van der Waals surface area contributed by atoms with Crippen molar-refractivity contribution in [2.45, 2.75) is 26.9 Å². The lowest BCUT2D eigenvalue weighted by molar-refractivity contribution is -0.144. The molecule has 0 saturated carbocycles. The van der Waals surface area contributed by atoms with Crippen molar-refractivity contribution in [2.24, 2.45) is 0 Å². The highest BCUT2D eigenvalue weighted by Gasteiger charge is 2.12. The van der Waals surface area contributed by atoms with Gasteiger partial charge in [0.2, 0.25) is 0 Å². The Kier molecular flexibility index (Phi) is 4.08. The van der Waals surface area contributed by atoms with Gasteiger partial charge in [0, 0.05) is 0 Å². The van der Waals surface area contributed by atoms with E-state index >= 15 is 0 Å². The van der Waals surface area contributed by atoms with Crippen LogP contribution in [0.5, 0.6) is 5.75 Å². The summed E-state index contributed by atoms with van der Waals surface area (Å²) in [5, 5.41) is 8.82. The van der Waals surface area contributed by atoms with E-state index in [1.807, 2.05) is 18.2 Å². The average Bonchev–Trinajstić information content (AvgIpc) is 2.40. The van der Waals surface area contributed by atoms with Crippen molar-refractivity contribution < 1.29 is 14.6 Å². The first-order valence-corrected chi connectivity index (χ1v) is 6.55. The Morgan fingerprint density at radius 1 is 1.05 bits per heavy atom. The second kappa shape index (κ2) is 5.78. The van der Waals surface area contributed by atoms with Crippen LogP contribution < -0.4 is 4.74 Å². The van der Waals surface area contributed by atoms with E-state index in [1.54, 1.807) is 12.1 Å². The Hall–Kier alpha value is -2.29. The van der Waals surface area contributed by atoms with Gasteiger partial charge < -0.3 is 9.84 Å². The van der Waals surface area contributed by atoms with Crippen LogP contribution >= 0.6 is 0 Å². The molecule has 0 aromatic heterocycles. The molecule has 20 heavy (non-hydrogen) atoms. The molecule has 0 fully saturated rings. The fourth-order valence-electron chi connectivity index (χ4n) is 2.22. The topological polar surface area (TPSA) is 46.5 Å². The number of benzene rings is 2. The van der Waals surface area contributed by atoms with Gasteiger partial charge in [0.05, 0.1) is 0 Å². The molecule has 2 rings (SSSR count). The van der Waals surface area contributed by atoms with E-state index in [1.165, 1.54) is 23.6 Å². The molecule has 0 amide bonds. The quantitative estimate of drug-likeness (QED) is 0.918. The van der Waals surface area contributed by atoms with E-state index in [4.69, 9.17) is 9.84 Å². The molecule has 0 saturated heterocycles. The van der Waals surface area contributed by atoms with Crippen molar-refractivity contribution in [1.82, 2.24) is 0 Å². The lowest BCUT2D eigenvalue weighted by Crippen LogP contribution is -2.22. The summed E-state index contributed by atoms with van der Waals surface area (Å²) in [6, 6.07) is 13.7. The molecule has 2 aromatic carbocycles. The molecule has 104 valence electrons. The number of rotatable bonds is 4. The molecule has 1 atom stereocenters. The average molecular weight is 270 g/mol. The predicted octanol–water partition coefficient (Wildman–Crippen LogP) is 3.82. The predicted molar refractivity (Wildman–Crippen MR) is 79.1 cm³/mol. The van der Waals surface area contributed by atoms with Gasteiger partial charge in [0.15, 0.2) is 6.10 Å². The Labute approximate surface area is 118 Å². The van der Waals surface area contributed by atoms with E-state index < -0.39 is 12.1 Å². The summed E-state index contributed by atoms with van der Waals surface area (Å²) in [5.41, 5.74) is 4.76. The lowest BCUT2D eigenvalue weighted by Gasteiger charge is -2.13. The zero-order chi connectivity index (χ0) is 14.7. The van der Waals surface area contributed by atoms with Crippen LogP contribution in [0.25, 0.3) is 11.1 Å². The number of aryl methyl sites for hydroxylation is 2. The first-order valence-electron chi connectivity index (χ1n) is 6.55. The Bertz CT molecular complexity index is 594. The summed E-state index contributed by atoms with van der Waals surface area (Å²) in [7, 11) is 0. The SMILES string of the molecule is Cc1cccc(C)c1-c1ccc(OC(C)C(=O)O)cc1. The maximum Gasteiger partial charge on any atom is 0.344 e. The molecule has 0 aliphatic rings. The van der Waals surface area contributed by atoms with E-state index in [-0.39, 0.29) is 0 Å². The van der Waals surface area contributed by atoms with Crippen molar-refractivity contribution in [1.29, 1.82) is 0 Å². The van der Waals surface area contributed by atoms with E-state index in [2.05, 4.69) is 26.0 Å². The van der Waals surface area contributed by atoms with Crippen LogP contribution in [-0.2, 0) is 4.79 Å². The van der Waals surface area contributed by atoms with Crippen molar-refractivity contribution in [3.8, 4) is 16.9 Å². The first kappa shape index (κ1) is 14.1. The second-order valence-corrected chi connectivity index (χ2v) is 4.89. The molecule has 0 radical (unpaired) electrons. The van der Waals surface area contributed by atoms with Gasteiger partial charge in [0.25, 0.3) is 0 Å². The summed E-state index contributed by atoms with van der Waals surface area (Å²) >= 11 is 0. The van der Waals surface area contributed by atoms with Crippen LogP contribution in [0.15, 0.2) is 42.5 Å². The van der Waals surface area contributed by atoms with Gasteiger partial charge in [-0.2, -0.15) is 0 Å². The minimum atomic E-state index is -0.969. The van der Waals surface area contributed by atoms with Crippen molar-refractivity contribution in [3.05, 3.63) is 53.6 Å². The number of carboxylic acids is 1. The maximum absolute atomic E-state index is 10.8. The fraction of sp³-hybridized carbons (Fsp3) is 0.235. The number of hydrogen-bond donors (Lipinski definition) is 1. The third-order valence-corrected chi connectivity index (χ3v) is 3.28. The smallest absolute Gasteiger partial charge is 0.344 e. The van der Waals surface area contributed by atoms with Gasteiger partial charge in [-0.1, -0.05) is 30.3 Å². The molecule has 0 aliphatic heterocycles. The van der Waals surface area contributed by atoms with Crippen molar-refractivity contribution in [3.63, 3.8) is 0 Å². The molecule has 1 N–H and O–H groups in total. The minimum Gasteiger partial charge on any atom is -0.479 e. The lowest BCUT2D eigenvalue weighted by atomic mass is 9.96. The number of hydrogen-bond acceptors (Lipinski definition) is 2. The van der Waals surface area contributed by atoms with E-state index in [0.29, 0.717) is 5.75 Å². The Morgan fingerprint density at radius 2 is 1.60 bits per heavy atom. The summed E-state index contributed by atoms with van der Waals surface area (Å²) in [4.78, 5) is 10.8. The molecule has 3 nitrogen and oxygen atoms in total.